The Morgan fingerprint density at radius 2 is 1.90 bits per heavy atom. The van der Waals surface area contributed by atoms with E-state index in [1.807, 2.05) is 30.3 Å². The topological polar surface area (TPSA) is 52.3 Å². The molecule has 3 nitrogen and oxygen atoms in total. The third-order valence-electron chi connectivity index (χ3n) is 2.92. The van der Waals surface area contributed by atoms with Crippen molar-refractivity contribution in [2.24, 2.45) is 0 Å². The number of aryl methyl sites for hydroxylation is 1. The van der Waals surface area contributed by atoms with Crippen LogP contribution < -0.4 is 5.73 Å². The standard InChI is InChI=1S/C16H16FNO2/c17-13-8-9-15(18)14(11-13)16(19)20-10-4-7-12-5-2-1-3-6-12/h1-3,5-6,8-9,11H,4,7,10,18H2. The van der Waals surface area contributed by atoms with Gasteiger partial charge in [-0.15, -0.1) is 0 Å². The lowest BCUT2D eigenvalue weighted by Gasteiger charge is -2.07. The first kappa shape index (κ1) is 14.1. The summed E-state index contributed by atoms with van der Waals surface area (Å²) in [6.07, 6.45) is 1.54. The fourth-order valence-electron chi connectivity index (χ4n) is 1.87. The van der Waals surface area contributed by atoms with E-state index in [1.54, 1.807) is 0 Å². The molecular formula is C16H16FNO2. The first-order valence-electron chi connectivity index (χ1n) is 6.43. The van der Waals surface area contributed by atoms with E-state index in [2.05, 4.69) is 0 Å². The highest BCUT2D eigenvalue weighted by atomic mass is 19.1. The predicted octanol–water partition coefficient (Wildman–Crippen LogP) is 3.20. The van der Waals surface area contributed by atoms with Crippen molar-refractivity contribution in [2.75, 3.05) is 12.3 Å². The van der Waals surface area contributed by atoms with Crippen molar-refractivity contribution in [3.05, 3.63) is 65.5 Å². The number of benzene rings is 2. The van der Waals surface area contributed by atoms with Gasteiger partial charge in [0.15, 0.2) is 0 Å². The summed E-state index contributed by atoms with van der Waals surface area (Å²) in [5, 5.41) is 0. The van der Waals surface area contributed by atoms with Crippen molar-refractivity contribution in [3.63, 3.8) is 0 Å². The Balaban J connectivity index is 1.82. The number of hydrogen-bond acceptors (Lipinski definition) is 3. The summed E-state index contributed by atoms with van der Waals surface area (Å²) in [7, 11) is 0. The Kier molecular flexibility index (Phi) is 4.71. The van der Waals surface area contributed by atoms with Crippen LogP contribution in [0.15, 0.2) is 48.5 Å². The van der Waals surface area contributed by atoms with Gasteiger partial charge in [-0.2, -0.15) is 0 Å². The van der Waals surface area contributed by atoms with Crippen LogP contribution in [0.2, 0.25) is 0 Å². The van der Waals surface area contributed by atoms with Gasteiger partial charge in [0.05, 0.1) is 12.2 Å². The van der Waals surface area contributed by atoms with Gasteiger partial charge in [-0.05, 0) is 36.6 Å². The SMILES string of the molecule is Nc1ccc(F)cc1C(=O)OCCCc1ccccc1. The Hall–Kier alpha value is -2.36. The molecular weight excluding hydrogens is 257 g/mol. The quantitative estimate of drug-likeness (QED) is 0.517. The number of ether oxygens (including phenoxy) is 1. The summed E-state index contributed by atoms with van der Waals surface area (Å²) < 4.78 is 18.2. The highest BCUT2D eigenvalue weighted by molar-refractivity contribution is 5.95. The molecule has 0 amide bonds. The van der Waals surface area contributed by atoms with Gasteiger partial charge in [0, 0.05) is 5.69 Å². The molecule has 2 N–H and O–H groups in total. The molecule has 2 aromatic rings. The van der Waals surface area contributed by atoms with Crippen LogP contribution in [0.5, 0.6) is 0 Å². The van der Waals surface area contributed by atoms with E-state index in [0.29, 0.717) is 6.42 Å². The lowest BCUT2D eigenvalue weighted by atomic mass is 10.1. The molecule has 0 aliphatic rings. The van der Waals surface area contributed by atoms with E-state index in [-0.39, 0.29) is 17.9 Å². The number of nitrogens with two attached hydrogens (primary N) is 1. The zero-order valence-corrected chi connectivity index (χ0v) is 11.0. The summed E-state index contributed by atoms with van der Waals surface area (Å²) in [6, 6.07) is 13.6. The zero-order valence-electron chi connectivity index (χ0n) is 11.0. The summed E-state index contributed by atoms with van der Waals surface area (Å²) in [4.78, 5) is 11.8. The number of nitrogen functional groups attached to an aromatic ring is 1. The number of esters is 1. The number of hydrogen-bond donors (Lipinski definition) is 1. The van der Waals surface area contributed by atoms with E-state index in [4.69, 9.17) is 10.5 Å². The van der Waals surface area contributed by atoms with Crippen LogP contribution in [0.25, 0.3) is 0 Å². The molecule has 0 saturated heterocycles. The van der Waals surface area contributed by atoms with Crippen molar-refractivity contribution >= 4 is 11.7 Å². The maximum atomic E-state index is 13.1. The maximum Gasteiger partial charge on any atom is 0.340 e. The molecule has 0 heterocycles. The van der Waals surface area contributed by atoms with Gasteiger partial charge in [-0.25, -0.2) is 9.18 Å². The van der Waals surface area contributed by atoms with Gasteiger partial charge in [0.2, 0.25) is 0 Å². The predicted molar refractivity (Wildman–Crippen MR) is 75.9 cm³/mol. The second-order valence-corrected chi connectivity index (χ2v) is 4.46. The van der Waals surface area contributed by atoms with Crippen molar-refractivity contribution in [1.82, 2.24) is 0 Å². The number of halogens is 1. The Bertz CT molecular complexity index is 584. The Morgan fingerprint density at radius 1 is 1.15 bits per heavy atom. The Morgan fingerprint density at radius 3 is 2.65 bits per heavy atom. The minimum absolute atomic E-state index is 0.0738. The van der Waals surface area contributed by atoms with Gasteiger partial charge in [-0.1, -0.05) is 30.3 Å². The smallest absolute Gasteiger partial charge is 0.340 e. The highest BCUT2D eigenvalue weighted by Crippen LogP contribution is 2.14. The second-order valence-electron chi connectivity index (χ2n) is 4.46. The van der Waals surface area contributed by atoms with Gasteiger partial charge in [-0.3, -0.25) is 0 Å². The minimum atomic E-state index is -0.588. The van der Waals surface area contributed by atoms with Crippen molar-refractivity contribution < 1.29 is 13.9 Å². The lowest BCUT2D eigenvalue weighted by molar-refractivity contribution is 0.0501. The fourth-order valence-corrected chi connectivity index (χ4v) is 1.87. The Labute approximate surface area is 117 Å². The average Bonchev–Trinajstić information content (AvgIpc) is 2.47. The molecule has 0 spiro atoms. The molecule has 0 aliphatic carbocycles. The molecule has 0 aromatic heterocycles. The molecule has 4 heteroatoms. The second kappa shape index (κ2) is 6.70. The van der Waals surface area contributed by atoms with Crippen LogP contribution in [0.1, 0.15) is 22.3 Å². The van der Waals surface area contributed by atoms with Crippen LogP contribution in [0.4, 0.5) is 10.1 Å². The minimum Gasteiger partial charge on any atom is -0.462 e. The van der Waals surface area contributed by atoms with E-state index in [1.165, 1.54) is 17.7 Å². The molecule has 20 heavy (non-hydrogen) atoms. The summed E-state index contributed by atoms with van der Waals surface area (Å²) in [5.41, 5.74) is 7.10. The number of carbonyl (C=O) groups excluding carboxylic acids is 1. The highest BCUT2D eigenvalue weighted by Gasteiger charge is 2.12. The third kappa shape index (κ3) is 3.82. The van der Waals surface area contributed by atoms with E-state index >= 15 is 0 Å². The van der Waals surface area contributed by atoms with Crippen LogP contribution in [0, 0.1) is 5.82 Å². The van der Waals surface area contributed by atoms with E-state index < -0.39 is 11.8 Å². The number of rotatable bonds is 5. The molecule has 0 fully saturated rings. The lowest BCUT2D eigenvalue weighted by Crippen LogP contribution is -2.10. The van der Waals surface area contributed by atoms with Crippen molar-refractivity contribution in [3.8, 4) is 0 Å². The molecule has 0 atom stereocenters. The number of carbonyl (C=O) groups is 1. The average molecular weight is 273 g/mol. The number of anilines is 1. The van der Waals surface area contributed by atoms with Crippen LogP contribution in [-0.4, -0.2) is 12.6 Å². The molecule has 0 aliphatic heterocycles. The van der Waals surface area contributed by atoms with E-state index in [0.717, 1.165) is 12.5 Å². The molecule has 0 saturated carbocycles. The molecule has 0 bridgehead atoms. The van der Waals surface area contributed by atoms with E-state index in [9.17, 15) is 9.18 Å². The van der Waals surface area contributed by atoms with Crippen molar-refractivity contribution in [1.29, 1.82) is 0 Å². The van der Waals surface area contributed by atoms with Gasteiger partial charge < -0.3 is 10.5 Å². The molecule has 2 aromatic carbocycles. The zero-order chi connectivity index (χ0) is 14.4. The fraction of sp³-hybridized carbons (Fsp3) is 0.188. The molecule has 0 radical (unpaired) electrons. The first-order chi connectivity index (χ1) is 9.66. The molecule has 2 rings (SSSR count). The van der Waals surface area contributed by atoms with Crippen LogP contribution in [0.3, 0.4) is 0 Å². The molecule has 0 unspecified atom stereocenters. The normalized spacial score (nSPS) is 10.2. The summed E-state index contributed by atoms with van der Waals surface area (Å²) in [5.74, 6) is -1.09. The van der Waals surface area contributed by atoms with Gasteiger partial charge in [0.25, 0.3) is 0 Å². The van der Waals surface area contributed by atoms with Gasteiger partial charge in [0.1, 0.15) is 5.82 Å². The maximum absolute atomic E-state index is 13.1. The first-order valence-corrected chi connectivity index (χ1v) is 6.43. The van der Waals surface area contributed by atoms with Gasteiger partial charge >= 0.3 is 5.97 Å². The third-order valence-corrected chi connectivity index (χ3v) is 2.92. The monoisotopic (exact) mass is 273 g/mol. The van der Waals surface area contributed by atoms with Crippen molar-refractivity contribution in [2.45, 2.75) is 12.8 Å². The summed E-state index contributed by atoms with van der Waals surface area (Å²) in [6.45, 7) is 0.281. The molecule has 104 valence electrons. The summed E-state index contributed by atoms with van der Waals surface area (Å²) >= 11 is 0. The van der Waals surface area contributed by atoms with Crippen LogP contribution in [-0.2, 0) is 11.2 Å². The largest absolute Gasteiger partial charge is 0.462 e. The van der Waals surface area contributed by atoms with Crippen LogP contribution >= 0.6 is 0 Å².